The maximum Gasteiger partial charge on any atom is 0.122 e. The summed E-state index contributed by atoms with van der Waals surface area (Å²) in [6.45, 7) is 0. The van der Waals surface area contributed by atoms with Crippen molar-refractivity contribution in [2.75, 3.05) is 5.33 Å². The quantitative estimate of drug-likeness (QED) is 0.748. The minimum absolute atomic E-state index is 0.440. The first-order valence-corrected chi connectivity index (χ1v) is 4.48. The molecule has 4 heteroatoms. The van der Waals surface area contributed by atoms with Crippen LogP contribution in [0.25, 0.3) is 0 Å². The van der Waals surface area contributed by atoms with Crippen LogP contribution in [0.3, 0.4) is 0 Å². The van der Waals surface area contributed by atoms with E-state index in [0.29, 0.717) is 5.33 Å². The van der Waals surface area contributed by atoms with Crippen molar-refractivity contribution >= 4 is 27.3 Å². The molecule has 0 bridgehead atoms. The summed E-state index contributed by atoms with van der Waals surface area (Å²) in [6.07, 6.45) is 1.25. The van der Waals surface area contributed by atoms with Crippen LogP contribution in [0.1, 0.15) is 11.1 Å². The number of aliphatic hydroxyl groups is 1. The molecule has 2 nitrogen and oxygen atoms in total. The van der Waals surface area contributed by atoms with Gasteiger partial charge in [0.15, 0.2) is 0 Å². The van der Waals surface area contributed by atoms with Crippen LogP contribution in [0.2, 0.25) is 0 Å². The van der Waals surface area contributed by atoms with Crippen LogP contribution in [-0.2, 0) is 0 Å². The van der Waals surface area contributed by atoms with Crippen LogP contribution >= 0.6 is 27.3 Å². The molecule has 0 aliphatic rings. The summed E-state index contributed by atoms with van der Waals surface area (Å²) in [5.41, 5.74) is 0. The van der Waals surface area contributed by atoms with E-state index in [9.17, 15) is 0 Å². The Bertz CT molecular complexity index is 165. The highest BCUT2D eigenvalue weighted by atomic mass is 79.9. The number of halogens is 1. The van der Waals surface area contributed by atoms with Crippen molar-refractivity contribution in [2.45, 2.75) is 6.10 Å². The molecule has 0 aromatic carbocycles. The Hall–Kier alpha value is 0.0700. The third-order valence-electron chi connectivity index (χ3n) is 0.883. The first-order chi connectivity index (χ1) is 4.34. The van der Waals surface area contributed by atoms with E-state index < -0.39 is 6.10 Å². The van der Waals surface area contributed by atoms with Crippen molar-refractivity contribution in [3.63, 3.8) is 0 Å². The smallest absolute Gasteiger partial charge is 0.122 e. The van der Waals surface area contributed by atoms with Gasteiger partial charge in [-0.15, -0.1) is 11.3 Å². The second kappa shape index (κ2) is 3.29. The minimum Gasteiger partial charge on any atom is -0.385 e. The zero-order chi connectivity index (χ0) is 6.69. The normalized spacial score (nSPS) is 13.6. The highest BCUT2D eigenvalue weighted by Crippen LogP contribution is 2.16. The van der Waals surface area contributed by atoms with E-state index in [1.807, 2.05) is 5.38 Å². The van der Waals surface area contributed by atoms with Gasteiger partial charge in [0.1, 0.15) is 11.1 Å². The molecular weight excluding hydrogens is 202 g/mol. The monoisotopic (exact) mass is 207 g/mol. The van der Waals surface area contributed by atoms with E-state index in [4.69, 9.17) is 5.11 Å². The van der Waals surface area contributed by atoms with E-state index in [-0.39, 0.29) is 0 Å². The van der Waals surface area contributed by atoms with Gasteiger partial charge in [0, 0.05) is 16.9 Å². The molecule has 50 valence electrons. The molecule has 1 heterocycles. The molecule has 0 amide bonds. The van der Waals surface area contributed by atoms with E-state index in [2.05, 4.69) is 20.9 Å². The fourth-order valence-corrected chi connectivity index (χ4v) is 1.61. The topological polar surface area (TPSA) is 33.1 Å². The summed E-state index contributed by atoms with van der Waals surface area (Å²) >= 11 is 4.62. The summed E-state index contributed by atoms with van der Waals surface area (Å²) in [6, 6.07) is 0. The van der Waals surface area contributed by atoms with Crippen molar-refractivity contribution in [1.29, 1.82) is 0 Å². The largest absolute Gasteiger partial charge is 0.385 e. The Morgan fingerprint density at radius 2 is 2.67 bits per heavy atom. The first-order valence-electron chi connectivity index (χ1n) is 2.48. The van der Waals surface area contributed by atoms with Crippen molar-refractivity contribution in [3.8, 4) is 0 Å². The Morgan fingerprint density at radius 3 is 3.11 bits per heavy atom. The molecule has 0 saturated heterocycles. The van der Waals surface area contributed by atoms with Gasteiger partial charge in [-0.2, -0.15) is 0 Å². The molecule has 1 aromatic rings. The predicted molar refractivity (Wildman–Crippen MR) is 40.9 cm³/mol. The SMILES string of the molecule is OC(CBr)c1nccs1. The summed E-state index contributed by atoms with van der Waals surface area (Å²) in [5, 5.41) is 12.3. The molecule has 0 aliphatic heterocycles. The van der Waals surface area contributed by atoms with Crippen LogP contribution in [0, 0.1) is 0 Å². The van der Waals surface area contributed by atoms with Crippen molar-refractivity contribution < 1.29 is 5.11 Å². The number of aliphatic hydroxyl groups excluding tert-OH is 1. The van der Waals surface area contributed by atoms with E-state index >= 15 is 0 Å². The summed E-state index contributed by atoms with van der Waals surface area (Å²) in [4.78, 5) is 3.93. The van der Waals surface area contributed by atoms with Crippen LogP contribution in [-0.4, -0.2) is 15.4 Å². The molecule has 1 unspecified atom stereocenters. The zero-order valence-electron chi connectivity index (χ0n) is 4.62. The fraction of sp³-hybridized carbons (Fsp3) is 0.400. The number of rotatable bonds is 2. The molecule has 0 fully saturated rings. The lowest BCUT2D eigenvalue weighted by atomic mass is 10.4. The minimum atomic E-state index is -0.440. The lowest BCUT2D eigenvalue weighted by Gasteiger charge is -1.98. The summed E-state index contributed by atoms with van der Waals surface area (Å²) in [7, 11) is 0. The summed E-state index contributed by atoms with van der Waals surface area (Å²) in [5.74, 6) is 0. The second-order valence-corrected chi connectivity index (χ2v) is 3.11. The summed E-state index contributed by atoms with van der Waals surface area (Å²) < 4.78 is 0. The molecule has 0 aliphatic carbocycles. The Kier molecular flexibility index (Phi) is 2.63. The highest BCUT2D eigenvalue weighted by molar-refractivity contribution is 9.09. The number of thiazole rings is 1. The average molecular weight is 208 g/mol. The maximum absolute atomic E-state index is 9.12. The van der Waals surface area contributed by atoms with Gasteiger partial charge < -0.3 is 5.11 Å². The highest BCUT2D eigenvalue weighted by Gasteiger charge is 2.06. The molecule has 1 rings (SSSR count). The number of alkyl halides is 1. The number of aromatic nitrogens is 1. The van der Waals surface area contributed by atoms with E-state index in [1.54, 1.807) is 6.20 Å². The van der Waals surface area contributed by atoms with Crippen molar-refractivity contribution in [1.82, 2.24) is 4.98 Å². The van der Waals surface area contributed by atoms with Crippen LogP contribution in [0.4, 0.5) is 0 Å². The van der Waals surface area contributed by atoms with Gasteiger partial charge in [-0.3, -0.25) is 0 Å². The third kappa shape index (κ3) is 1.74. The lowest BCUT2D eigenvalue weighted by Crippen LogP contribution is -1.95. The first kappa shape index (κ1) is 7.18. The van der Waals surface area contributed by atoms with Gasteiger partial charge >= 0.3 is 0 Å². The second-order valence-electron chi connectivity index (χ2n) is 1.54. The van der Waals surface area contributed by atoms with Gasteiger partial charge in [0.2, 0.25) is 0 Å². The van der Waals surface area contributed by atoms with Crippen LogP contribution in [0.15, 0.2) is 11.6 Å². The Balaban J connectivity index is 2.65. The third-order valence-corrected chi connectivity index (χ3v) is 2.37. The molecule has 0 radical (unpaired) electrons. The standard InChI is InChI=1S/C5H6BrNOS/c6-3-4(8)5-7-1-2-9-5/h1-2,4,8H,3H2. The van der Waals surface area contributed by atoms with E-state index in [1.165, 1.54) is 11.3 Å². The van der Waals surface area contributed by atoms with Gasteiger partial charge in [-0.05, 0) is 0 Å². The van der Waals surface area contributed by atoms with Gasteiger partial charge in [0.05, 0.1) is 0 Å². The van der Waals surface area contributed by atoms with Crippen molar-refractivity contribution in [2.24, 2.45) is 0 Å². The molecule has 1 atom stereocenters. The van der Waals surface area contributed by atoms with Crippen LogP contribution < -0.4 is 0 Å². The van der Waals surface area contributed by atoms with Gasteiger partial charge in [-0.1, -0.05) is 15.9 Å². The van der Waals surface area contributed by atoms with Crippen molar-refractivity contribution in [3.05, 3.63) is 16.6 Å². The van der Waals surface area contributed by atoms with Gasteiger partial charge in [-0.25, -0.2) is 4.98 Å². The predicted octanol–water partition coefficient (Wildman–Crippen LogP) is 1.57. The Morgan fingerprint density at radius 1 is 1.89 bits per heavy atom. The zero-order valence-corrected chi connectivity index (χ0v) is 7.02. The van der Waals surface area contributed by atoms with Crippen LogP contribution in [0.5, 0.6) is 0 Å². The molecule has 0 saturated carbocycles. The molecule has 1 aromatic heterocycles. The average Bonchev–Trinajstić information content (AvgIpc) is 2.37. The Labute approximate surface area is 65.7 Å². The lowest BCUT2D eigenvalue weighted by molar-refractivity contribution is 0.205. The molecular formula is C5H6BrNOS. The maximum atomic E-state index is 9.12. The molecule has 1 N–H and O–H groups in total. The van der Waals surface area contributed by atoms with E-state index in [0.717, 1.165) is 5.01 Å². The number of nitrogens with zero attached hydrogens (tertiary/aromatic N) is 1. The number of hydrogen-bond donors (Lipinski definition) is 1. The fourth-order valence-electron chi connectivity index (χ4n) is 0.465. The number of hydrogen-bond acceptors (Lipinski definition) is 3. The molecule has 0 spiro atoms. The molecule has 9 heavy (non-hydrogen) atoms. The van der Waals surface area contributed by atoms with Gasteiger partial charge in [0.25, 0.3) is 0 Å².